The minimum Gasteiger partial charge on any atom is -0.502 e. The first kappa shape index (κ1) is 22.8. The molecular formula is C17H30N2O5S2. The van der Waals surface area contributed by atoms with Gasteiger partial charge in [0.1, 0.15) is 0 Å². The Bertz CT molecular complexity index is 781. The van der Waals surface area contributed by atoms with Gasteiger partial charge in [0.15, 0.2) is 0 Å². The molecule has 26 heavy (non-hydrogen) atoms. The molecule has 0 aliphatic heterocycles. The van der Waals surface area contributed by atoms with Gasteiger partial charge < -0.3 is 5.11 Å². The summed E-state index contributed by atoms with van der Waals surface area (Å²) in [4.78, 5) is 24.9. The van der Waals surface area contributed by atoms with Crippen LogP contribution in [0.4, 0.5) is 0 Å². The van der Waals surface area contributed by atoms with E-state index in [-0.39, 0.29) is 42.1 Å². The van der Waals surface area contributed by atoms with Gasteiger partial charge in [-0.2, -0.15) is 0 Å². The molecule has 1 aromatic rings. The number of aromatic nitrogens is 2. The summed E-state index contributed by atoms with van der Waals surface area (Å²) >= 11 is 0. The van der Waals surface area contributed by atoms with Gasteiger partial charge in [0.05, 0.1) is 5.69 Å². The van der Waals surface area contributed by atoms with Crippen LogP contribution in [-0.4, -0.2) is 45.7 Å². The second kappa shape index (κ2) is 10.2. The van der Waals surface area contributed by atoms with E-state index in [0.29, 0.717) is 11.5 Å². The van der Waals surface area contributed by atoms with Gasteiger partial charge in [-0.1, -0.05) is 27.7 Å². The van der Waals surface area contributed by atoms with Crippen molar-refractivity contribution in [1.29, 1.82) is 0 Å². The van der Waals surface area contributed by atoms with E-state index in [0.717, 1.165) is 4.57 Å². The summed E-state index contributed by atoms with van der Waals surface area (Å²) in [5.41, 5.74) is -1.16. The van der Waals surface area contributed by atoms with Gasteiger partial charge in [0, 0.05) is 57.7 Å². The van der Waals surface area contributed by atoms with Crippen molar-refractivity contribution in [1.82, 2.24) is 9.13 Å². The molecule has 0 radical (unpaired) electrons. The smallest absolute Gasteiger partial charge is 0.331 e. The Morgan fingerprint density at radius 2 is 1.31 bits per heavy atom. The molecule has 7 nitrogen and oxygen atoms in total. The highest BCUT2D eigenvalue weighted by Crippen LogP contribution is 2.08. The summed E-state index contributed by atoms with van der Waals surface area (Å²) in [6, 6.07) is 0. The zero-order valence-corrected chi connectivity index (χ0v) is 17.8. The first-order valence-corrected chi connectivity index (χ1v) is 11.7. The fourth-order valence-corrected chi connectivity index (χ4v) is 5.14. The highest BCUT2D eigenvalue weighted by molar-refractivity contribution is 7.85. The van der Waals surface area contributed by atoms with Crippen LogP contribution in [0, 0.1) is 18.8 Å². The third-order valence-electron chi connectivity index (χ3n) is 3.78. The SMILES string of the molecule is Cc1c(O)c(=O)n(CCS(=O)CC(C)C)c(=O)n1CCS(=O)CC(C)C. The Labute approximate surface area is 159 Å². The maximum Gasteiger partial charge on any atom is 0.331 e. The third kappa shape index (κ3) is 6.50. The standard InChI is InChI=1S/C17H30N2O5S2/c1-12(2)10-25(23)8-6-18-14(5)15(20)16(21)19(17(18)22)7-9-26(24)11-13(3)4/h12-13,20H,6-11H2,1-5H3. The van der Waals surface area contributed by atoms with E-state index < -0.39 is 38.6 Å². The molecule has 0 aliphatic carbocycles. The summed E-state index contributed by atoms with van der Waals surface area (Å²) in [5, 5.41) is 10.1. The second-order valence-electron chi connectivity index (χ2n) is 7.23. The van der Waals surface area contributed by atoms with Crippen LogP contribution >= 0.6 is 0 Å². The van der Waals surface area contributed by atoms with Crippen LogP contribution in [0.5, 0.6) is 5.75 Å². The number of hydrogen-bond acceptors (Lipinski definition) is 5. The van der Waals surface area contributed by atoms with E-state index in [4.69, 9.17) is 0 Å². The van der Waals surface area contributed by atoms with Crippen LogP contribution in [0.1, 0.15) is 33.4 Å². The zero-order chi connectivity index (χ0) is 20.0. The Morgan fingerprint density at radius 3 is 1.73 bits per heavy atom. The Morgan fingerprint density at radius 1 is 0.885 bits per heavy atom. The molecule has 0 saturated heterocycles. The lowest BCUT2D eigenvalue weighted by atomic mass is 10.3. The van der Waals surface area contributed by atoms with Gasteiger partial charge in [0.2, 0.25) is 5.75 Å². The quantitative estimate of drug-likeness (QED) is 0.621. The second-order valence-corrected chi connectivity index (χ2v) is 10.5. The van der Waals surface area contributed by atoms with Crippen LogP contribution in [-0.2, 0) is 34.7 Å². The fourth-order valence-electron chi connectivity index (χ4n) is 2.54. The minimum absolute atomic E-state index is 0.0140. The molecule has 0 amide bonds. The fraction of sp³-hybridized carbons (Fsp3) is 0.765. The molecule has 0 spiro atoms. The maximum atomic E-state index is 12.6. The largest absolute Gasteiger partial charge is 0.502 e. The predicted molar refractivity (Wildman–Crippen MR) is 107 cm³/mol. The van der Waals surface area contributed by atoms with Crippen molar-refractivity contribution in [2.24, 2.45) is 11.8 Å². The Kier molecular flexibility index (Phi) is 8.95. The van der Waals surface area contributed by atoms with Gasteiger partial charge in [-0.3, -0.25) is 22.3 Å². The maximum absolute atomic E-state index is 12.6. The normalized spacial score (nSPS) is 14.1. The summed E-state index contributed by atoms with van der Waals surface area (Å²) in [6.07, 6.45) is 0. The number of rotatable bonds is 10. The molecule has 0 saturated carbocycles. The lowest BCUT2D eigenvalue weighted by Gasteiger charge is -2.15. The van der Waals surface area contributed by atoms with E-state index >= 15 is 0 Å². The molecule has 0 bridgehead atoms. The Balaban J connectivity index is 3.04. The van der Waals surface area contributed by atoms with E-state index in [1.165, 1.54) is 11.5 Å². The van der Waals surface area contributed by atoms with E-state index in [9.17, 15) is 23.1 Å². The first-order chi connectivity index (χ1) is 12.0. The van der Waals surface area contributed by atoms with Gasteiger partial charge in [-0.05, 0) is 18.8 Å². The summed E-state index contributed by atoms with van der Waals surface area (Å²) in [6.45, 7) is 9.48. The molecule has 1 heterocycles. The topological polar surface area (TPSA) is 98.4 Å². The number of hydrogen-bond donors (Lipinski definition) is 1. The molecule has 1 rings (SSSR count). The van der Waals surface area contributed by atoms with Crippen LogP contribution in [0.3, 0.4) is 0 Å². The molecule has 1 N–H and O–H groups in total. The van der Waals surface area contributed by atoms with Crippen LogP contribution in [0.15, 0.2) is 9.59 Å². The molecule has 1 aromatic heterocycles. The van der Waals surface area contributed by atoms with Crippen LogP contribution in [0.25, 0.3) is 0 Å². The number of aromatic hydroxyl groups is 1. The van der Waals surface area contributed by atoms with Gasteiger partial charge in [-0.25, -0.2) is 4.79 Å². The lowest BCUT2D eigenvalue weighted by Crippen LogP contribution is -2.42. The predicted octanol–water partition coefficient (Wildman–Crippen LogP) is 0.833. The van der Waals surface area contributed by atoms with Crippen LogP contribution in [0.2, 0.25) is 0 Å². The van der Waals surface area contributed by atoms with Gasteiger partial charge in [-0.15, -0.1) is 0 Å². The van der Waals surface area contributed by atoms with Crippen molar-refractivity contribution in [3.63, 3.8) is 0 Å². The number of nitrogens with zero attached hydrogens (tertiary/aromatic N) is 2. The monoisotopic (exact) mass is 406 g/mol. The van der Waals surface area contributed by atoms with Crippen molar-refractivity contribution in [2.75, 3.05) is 23.0 Å². The Hall–Kier alpha value is -1.22. The minimum atomic E-state index is -1.14. The van der Waals surface area contributed by atoms with E-state index in [2.05, 4.69) is 0 Å². The van der Waals surface area contributed by atoms with E-state index in [1.807, 2.05) is 27.7 Å². The molecule has 0 aromatic carbocycles. The van der Waals surface area contributed by atoms with Crippen molar-refractivity contribution in [3.8, 4) is 5.75 Å². The summed E-state index contributed by atoms with van der Waals surface area (Å²) < 4.78 is 26.2. The summed E-state index contributed by atoms with van der Waals surface area (Å²) in [7, 11) is -2.22. The van der Waals surface area contributed by atoms with Gasteiger partial charge in [0.25, 0.3) is 5.56 Å². The molecule has 0 aliphatic rings. The highest BCUT2D eigenvalue weighted by atomic mass is 32.2. The third-order valence-corrected chi connectivity index (χ3v) is 7.13. The molecule has 2 atom stereocenters. The van der Waals surface area contributed by atoms with Crippen molar-refractivity contribution >= 4 is 21.6 Å². The lowest BCUT2D eigenvalue weighted by molar-refractivity contribution is 0.428. The molecule has 0 fully saturated rings. The molecule has 150 valence electrons. The van der Waals surface area contributed by atoms with Crippen molar-refractivity contribution in [3.05, 3.63) is 26.5 Å². The average molecular weight is 407 g/mol. The molecule has 2 unspecified atom stereocenters. The zero-order valence-electron chi connectivity index (χ0n) is 16.2. The molecular weight excluding hydrogens is 376 g/mol. The first-order valence-electron chi connectivity index (χ1n) is 8.77. The molecule has 9 heteroatoms. The van der Waals surface area contributed by atoms with Gasteiger partial charge >= 0.3 is 5.69 Å². The van der Waals surface area contributed by atoms with Crippen LogP contribution < -0.4 is 11.2 Å². The van der Waals surface area contributed by atoms with Crippen molar-refractivity contribution in [2.45, 2.75) is 47.7 Å². The average Bonchev–Trinajstić information content (AvgIpc) is 2.51. The van der Waals surface area contributed by atoms with E-state index in [1.54, 1.807) is 0 Å². The summed E-state index contributed by atoms with van der Waals surface area (Å²) in [5.74, 6) is 1.53. The highest BCUT2D eigenvalue weighted by Gasteiger charge is 2.17. The van der Waals surface area contributed by atoms with Crippen molar-refractivity contribution < 1.29 is 13.5 Å².